The summed E-state index contributed by atoms with van der Waals surface area (Å²) in [7, 11) is 0. The van der Waals surface area contributed by atoms with Crippen molar-refractivity contribution in [1.29, 1.82) is 0 Å². The van der Waals surface area contributed by atoms with Crippen LogP contribution in [-0.4, -0.2) is 58.2 Å². The summed E-state index contributed by atoms with van der Waals surface area (Å²) in [6.45, 7) is 5.01. The number of esters is 1. The molecule has 10 nitrogen and oxygen atoms in total. The van der Waals surface area contributed by atoms with Crippen LogP contribution in [0.5, 0.6) is 5.75 Å². The molecule has 4 aromatic rings. The standard InChI is InChI=1S/C40H38FN3O7S/c1-40(2,3)51-39(48)43-31(25-14-7-4-8-15-25)35(45)42-32-36(46)44-33(28(24-52-37(32)44)23-49-30-21-13-20-29(41)22-30)38(47)50-34(26-16-9-5-10-17-26)27-18-11-6-12-19-27/h4-22,31-32,34,37H,23-24H2,1-3H3,(H,42,45)(H,43,48)/t31?,32?,37-/m0/s1. The smallest absolute Gasteiger partial charge is 0.408 e. The van der Waals surface area contributed by atoms with Crippen LogP contribution in [0.3, 0.4) is 0 Å². The summed E-state index contributed by atoms with van der Waals surface area (Å²) >= 11 is 1.33. The summed E-state index contributed by atoms with van der Waals surface area (Å²) in [6.07, 6.45) is -1.59. The van der Waals surface area contributed by atoms with E-state index in [1.54, 1.807) is 57.2 Å². The van der Waals surface area contributed by atoms with Gasteiger partial charge in [-0.3, -0.25) is 14.5 Å². The minimum Gasteiger partial charge on any atom is -0.489 e. The number of nitrogens with one attached hydrogen (secondary N) is 2. The molecule has 2 heterocycles. The van der Waals surface area contributed by atoms with Crippen molar-refractivity contribution in [1.82, 2.24) is 15.5 Å². The first-order valence-corrected chi connectivity index (χ1v) is 17.7. The lowest BCUT2D eigenvalue weighted by Gasteiger charge is -2.50. The molecule has 2 aliphatic rings. The van der Waals surface area contributed by atoms with Crippen LogP contribution in [0.2, 0.25) is 0 Å². The molecular formula is C40H38FN3O7S. The van der Waals surface area contributed by atoms with E-state index in [0.29, 0.717) is 11.1 Å². The molecular weight excluding hydrogens is 686 g/mol. The molecule has 12 heteroatoms. The maximum atomic E-state index is 14.3. The quantitative estimate of drug-likeness (QED) is 0.134. The van der Waals surface area contributed by atoms with Crippen molar-refractivity contribution in [3.8, 4) is 5.75 Å². The van der Waals surface area contributed by atoms with E-state index in [1.807, 2.05) is 60.7 Å². The molecule has 0 aliphatic carbocycles. The van der Waals surface area contributed by atoms with Gasteiger partial charge in [0.15, 0.2) is 6.10 Å². The number of carbonyl (C=O) groups is 4. The molecule has 268 valence electrons. The van der Waals surface area contributed by atoms with Crippen LogP contribution >= 0.6 is 11.8 Å². The van der Waals surface area contributed by atoms with E-state index >= 15 is 0 Å². The highest BCUT2D eigenvalue weighted by atomic mass is 32.2. The van der Waals surface area contributed by atoms with Crippen molar-refractivity contribution in [2.75, 3.05) is 12.4 Å². The van der Waals surface area contributed by atoms with Gasteiger partial charge in [-0.25, -0.2) is 14.0 Å². The lowest BCUT2D eigenvalue weighted by molar-refractivity contribution is -0.155. The van der Waals surface area contributed by atoms with Crippen molar-refractivity contribution < 1.29 is 37.8 Å². The molecule has 6 rings (SSSR count). The second kappa shape index (κ2) is 15.7. The van der Waals surface area contributed by atoms with E-state index in [1.165, 1.54) is 34.9 Å². The Balaban J connectivity index is 1.27. The lowest BCUT2D eigenvalue weighted by Crippen LogP contribution is -2.71. The van der Waals surface area contributed by atoms with E-state index in [2.05, 4.69) is 10.6 Å². The van der Waals surface area contributed by atoms with Crippen molar-refractivity contribution in [3.05, 3.63) is 149 Å². The largest absolute Gasteiger partial charge is 0.489 e. The first kappa shape index (κ1) is 36.2. The van der Waals surface area contributed by atoms with Crippen LogP contribution in [0.15, 0.2) is 127 Å². The van der Waals surface area contributed by atoms with Gasteiger partial charge in [-0.2, -0.15) is 0 Å². The van der Waals surface area contributed by atoms with E-state index in [0.717, 1.165) is 11.1 Å². The van der Waals surface area contributed by atoms with Crippen molar-refractivity contribution >= 4 is 35.6 Å². The molecule has 3 amide bonds. The number of alkyl carbamates (subject to hydrolysis) is 1. The fraction of sp³-hybridized carbons (Fsp3) is 0.250. The Morgan fingerprint density at radius 1 is 0.865 bits per heavy atom. The third-order valence-electron chi connectivity index (χ3n) is 8.23. The van der Waals surface area contributed by atoms with Gasteiger partial charge in [-0.05, 0) is 49.6 Å². The highest BCUT2D eigenvalue weighted by Crippen LogP contribution is 2.42. The molecule has 3 atom stereocenters. The number of β-lactam (4-membered cyclic amide) rings is 1. The van der Waals surface area contributed by atoms with Gasteiger partial charge in [0.05, 0.1) is 0 Å². The Hall–Kier alpha value is -5.62. The van der Waals surface area contributed by atoms with Crippen LogP contribution in [-0.2, 0) is 23.9 Å². The number of fused-ring (bicyclic) bond motifs is 1. The fourth-order valence-electron chi connectivity index (χ4n) is 5.86. The molecule has 1 fully saturated rings. The van der Waals surface area contributed by atoms with Crippen LogP contribution in [0.25, 0.3) is 0 Å². The van der Waals surface area contributed by atoms with Gasteiger partial charge in [-0.1, -0.05) is 97.1 Å². The van der Waals surface area contributed by atoms with Crippen LogP contribution < -0.4 is 15.4 Å². The minimum absolute atomic E-state index is 0.000923. The van der Waals surface area contributed by atoms with Crippen molar-refractivity contribution in [3.63, 3.8) is 0 Å². The average Bonchev–Trinajstić information content (AvgIpc) is 3.14. The van der Waals surface area contributed by atoms with Gasteiger partial charge in [0.1, 0.15) is 46.9 Å². The van der Waals surface area contributed by atoms with Crippen LogP contribution in [0, 0.1) is 5.82 Å². The second-order valence-corrected chi connectivity index (χ2v) is 14.3. The van der Waals surface area contributed by atoms with E-state index in [-0.39, 0.29) is 23.8 Å². The third kappa shape index (κ3) is 8.46. The number of hydrogen-bond donors (Lipinski definition) is 2. The Kier molecular flexibility index (Phi) is 10.9. The summed E-state index contributed by atoms with van der Waals surface area (Å²) in [5.41, 5.74) is 1.59. The number of benzene rings is 4. The van der Waals surface area contributed by atoms with Gasteiger partial charge >= 0.3 is 12.1 Å². The fourth-order valence-corrected chi connectivity index (χ4v) is 7.19. The molecule has 0 aromatic heterocycles. The number of carbonyl (C=O) groups excluding carboxylic acids is 4. The molecule has 52 heavy (non-hydrogen) atoms. The van der Waals surface area contributed by atoms with Crippen LogP contribution in [0.1, 0.15) is 49.6 Å². The zero-order valence-electron chi connectivity index (χ0n) is 28.8. The van der Waals surface area contributed by atoms with Gasteiger partial charge in [0.2, 0.25) is 5.91 Å². The average molecular weight is 724 g/mol. The van der Waals surface area contributed by atoms with Crippen molar-refractivity contribution in [2.45, 2.75) is 49.9 Å². The Labute approximate surface area is 305 Å². The molecule has 2 unspecified atom stereocenters. The highest BCUT2D eigenvalue weighted by Gasteiger charge is 2.55. The highest BCUT2D eigenvalue weighted by molar-refractivity contribution is 8.00. The minimum atomic E-state index is -1.17. The Bertz CT molecular complexity index is 1910. The summed E-state index contributed by atoms with van der Waals surface area (Å²) in [6, 6.07) is 30.5. The SMILES string of the molecule is CC(C)(C)OC(=O)NC(C(=O)NC1C(=O)N2C(C(=O)OC(c3ccccc3)c3ccccc3)=C(COc3cccc(F)c3)CS[C@@H]12)c1ccccc1. The monoisotopic (exact) mass is 723 g/mol. The van der Waals surface area contributed by atoms with Gasteiger partial charge in [0, 0.05) is 17.4 Å². The van der Waals surface area contributed by atoms with Crippen LogP contribution in [0.4, 0.5) is 9.18 Å². The van der Waals surface area contributed by atoms with Gasteiger partial charge < -0.3 is 24.8 Å². The molecule has 0 saturated carbocycles. The number of hydrogen-bond acceptors (Lipinski definition) is 8. The van der Waals surface area contributed by atoms with E-state index in [9.17, 15) is 23.6 Å². The van der Waals surface area contributed by atoms with E-state index in [4.69, 9.17) is 14.2 Å². The molecule has 2 N–H and O–H groups in total. The first-order valence-electron chi connectivity index (χ1n) is 16.7. The number of rotatable bonds is 11. The molecule has 0 radical (unpaired) electrons. The predicted molar refractivity (Wildman–Crippen MR) is 193 cm³/mol. The van der Waals surface area contributed by atoms with Gasteiger partial charge in [-0.15, -0.1) is 11.8 Å². The summed E-state index contributed by atoms with van der Waals surface area (Å²) < 4.78 is 31.4. The maximum absolute atomic E-state index is 14.3. The predicted octanol–water partition coefficient (Wildman–Crippen LogP) is 6.46. The number of amides is 3. The van der Waals surface area contributed by atoms with Crippen molar-refractivity contribution in [2.24, 2.45) is 0 Å². The molecule has 2 aliphatic heterocycles. The first-order chi connectivity index (χ1) is 25.0. The summed E-state index contributed by atoms with van der Waals surface area (Å²) in [5.74, 6) is -1.90. The normalized spacial score (nSPS) is 17.4. The number of nitrogens with zero attached hydrogens (tertiary/aromatic N) is 1. The molecule has 0 bridgehead atoms. The number of thioether (sulfide) groups is 1. The zero-order valence-corrected chi connectivity index (χ0v) is 29.6. The maximum Gasteiger partial charge on any atom is 0.408 e. The topological polar surface area (TPSA) is 123 Å². The summed E-state index contributed by atoms with van der Waals surface area (Å²) in [4.78, 5) is 56.1. The molecule has 4 aromatic carbocycles. The lowest BCUT2D eigenvalue weighted by atomic mass is 10.00. The zero-order chi connectivity index (χ0) is 36.8. The third-order valence-corrected chi connectivity index (χ3v) is 9.57. The number of halogens is 1. The van der Waals surface area contributed by atoms with Gasteiger partial charge in [0.25, 0.3) is 5.91 Å². The Morgan fingerprint density at radius 3 is 2.04 bits per heavy atom. The molecule has 0 spiro atoms. The Morgan fingerprint density at radius 2 is 1.46 bits per heavy atom. The number of ether oxygens (including phenoxy) is 3. The van der Waals surface area contributed by atoms with E-state index < -0.39 is 58.9 Å². The molecule has 1 saturated heterocycles. The second-order valence-electron chi connectivity index (χ2n) is 13.2. The summed E-state index contributed by atoms with van der Waals surface area (Å²) in [5, 5.41) is 4.75.